The van der Waals surface area contributed by atoms with Gasteiger partial charge in [-0.3, -0.25) is 9.59 Å². The zero-order valence-corrected chi connectivity index (χ0v) is 17.9. The van der Waals surface area contributed by atoms with E-state index in [0.29, 0.717) is 5.56 Å². The van der Waals surface area contributed by atoms with Crippen LogP contribution >= 0.6 is 0 Å². The minimum absolute atomic E-state index is 0.00937. The molecule has 5 nitrogen and oxygen atoms in total. The average Bonchev–Trinajstić information content (AvgIpc) is 2.72. The van der Waals surface area contributed by atoms with E-state index in [1.54, 1.807) is 18.3 Å². The lowest BCUT2D eigenvalue weighted by Crippen LogP contribution is -2.33. The predicted octanol–water partition coefficient (Wildman–Crippen LogP) is 4.11. The average molecular weight is 394 g/mol. The molecule has 0 aliphatic carbocycles. The maximum Gasteiger partial charge on any atom is 0.292 e. The van der Waals surface area contributed by atoms with E-state index in [2.05, 4.69) is 42.9 Å². The number of hydrogen-bond acceptors (Lipinski definition) is 4. The smallest absolute Gasteiger partial charge is 0.292 e. The molecule has 1 saturated heterocycles. The van der Waals surface area contributed by atoms with Crippen molar-refractivity contribution in [3.05, 3.63) is 59.3 Å². The van der Waals surface area contributed by atoms with E-state index >= 15 is 0 Å². The Morgan fingerprint density at radius 2 is 1.72 bits per heavy atom. The largest absolute Gasteiger partial charge is 0.357 e. The van der Waals surface area contributed by atoms with Gasteiger partial charge in [0.05, 0.1) is 0 Å². The Morgan fingerprint density at radius 3 is 2.28 bits per heavy atom. The minimum atomic E-state index is -0.595. The van der Waals surface area contributed by atoms with Crippen molar-refractivity contribution in [2.45, 2.75) is 52.5 Å². The first-order valence-electron chi connectivity index (χ1n) is 10.4. The molecule has 2 heterocycles. The zero-order chi connectivity index (χ0) is 21.0. The molecule has 0 atom stereocenters. The third-order valence-electron chi connectivity index (χ3n) is 5.59. The maximum absolute atomic E-state index is 12.4. The number of carbonyl (C=O) groups excluding carboxylic acids is 2. The van der Waals surface area contributed by atoms with E-state index in [0.717, 1.165) is 36.0 Å². The third kappa shape index (κ3) is 5.43. The number of nitrogens with one attached hydrogen (secondary N) is 1. The first-order chi connectivity index (χ1) is 13.7. The van der Waals surface area contributed by atoms with Crippen LogP contribution in [0.1, 0.15) is 62.0 Å². The Bertz CT molecular complexity index is 843. The number of amides is 1. The van der Waals surface area contributed by atoms with E-state index in [9.17, 15) is 9.59 Å². The van der Waals surface area contributed by atoms with Crippen molar-refractivity contribution in [1.82, 2.24) is 10.3 Å². The molecule has 0 bridgehead atoms. The Balaban J connectivity index is 1.54. The Morgan fingerprint density at radius 1 is 1.07 bits per heavy atom. The second-order valence-electron chi connectivity index (χ2n) is 9.03. The molecule has 1 N–H and O–H groups in total. The van der Waals surface area contributed by atoms with Gasteiger partial charge in [0.1, 0.15) is 5.82 Å². The van der Waals surface area contributed by atoms with E-state index in [4.69, 9.17) is 0 Å². The van der Waals surface area contributed by atoms with Gasteiger partial charge in [0.25, 0.3) is 5.91 Å². The summed E-state index contributed by atoms with van der Waals surface area (Å²) >= 11 is 0. The van der Waals surface area contributed by atoms with E-state index in [1.807, 2.05) is 24.3 Å². The summed E-state index contributed by atoms with van der Waals surface area (Å²) in [6.45, 7) is 11.0. The number of pyridine rings is 1. The summed E-state index contributed by atoms with van der Waals surface area (Å²) in [4.78, 5) is 31.5. The van der Waals surface area contributed by atoms with Gasteiger partial charge in [-0.2, -0.15) is 0 Å². The van der Waals surface area contributed by atoms with Gasteiger partial charge in [0.15, 0.2) is 0 Å². The Labute approximate surface area is 173 Å². The molecule has 29 heavy (non-hydrogen) atoms. The molecule has 3 rings (SSSR count). The summed E-state index contributed by atoms with van der Waals surface area (Å²) in [7, 11) is 0. The molecule has 5 heteroatoms. The second kappa shape index (κ2) is 8.76. The lowest BCUT2D eigenvalue weighted by Gasteiger charge is -2.31. The number of ketones is 1. The normalized spacial score (nSPS) is 15.2. The molecule has 1 fully saturated rings. The van der Waals surface area contributed by atoms with Crippen molar-refractivity contribution < 1.29 is 9.59 Å². The quantitative estimate of drug-likeness (QED) is 0.613. The fraction of sp³-hybridized carbons (Fsp3) is 0.458. The topological polar surface area (TPSA) is 62.3 Å². The summed E-state index contributed by atoms with van der Waals surface area (Å²) in [5.74, 6) is 0.644. The number of carbonyl (C=O) groups is 2. The highest BCUT2D eigenvalue weighted by Gasteiger charge is 2.19. The SMILES string of the molecule is CC1CCN(c2ccc(CNC(=O)C(=O)c3ccc(C(C)(C)C)cc3)cn2)CC1. The second-order valence-corrected chi connectivity index (χ2v) is 9.03. The van der Waals surface area contributed by atoms with Gasteiger partial charge in [-0.25, -0.2) is 4.98 Å². The Hall–Kier alpha value is -2.69. The number of Topliss-reactive ketones (excluding diaryl/α,β-unsaturated/α-hetero) is 1. The van der Waals surface area contributed by atoms with Crippen LogP contribution in [-0.4, -0.2) is 29.8 Å². The Kier molecular flexibility index (Phi) is 6.36. The first-order valence-corrected chi connectivity index (χ1v) is 10.4. The van der Waals surface area contributed by atoms with Crippen LogP contribution in [0.15, 0.2) is 42.6 Å². The van der Waals surface area contributed by atoms with Gasteiger partial charge in [0, 0.05) is 31.4 Å². The van der Waals surface area contributed by atoms with Crippen LogP contribution in [0.4, 0.5) is 5.82 Å². The van der Waals surface area contributed by atoms with Crippen molar-refractivity contribution >= 4 is 17.5 Å². The molecule has 0 saturated carbocycles. The summed E-state index contributed by atoms with van der Waals surface area (Å²) in [5, 5.41) is 2.70. The summed E-state index contributed by atoms with van der Waals surface area (Å²) in [6, 6.07) is 11.2. The minimum Gasteiger partial charge on any atom is -0.357 e. The predicted molar refractivity (Wildman–Crippen MR) is 116 cm³/mol. The molecule has 1 aromatic carbocycles. The number of aromatic nitrogens is 1. The van der Waals surface area contributed by atoms with Crippen LogP contribution in [-0.2, 0) is 16.8 Å². The summed E-state index contributed by atoms with van der Waals surface area (Å²) in [5.41, 5.74) is 2.42. The molecule has 154 valence electrons. The number of rotatable bonds is 5. The first kappa shape index (κ1) is 21.0. The van der Waals surface area contributed by atoms with Crippen LogP contribution in [0, 0.1) is 5.92 Å². The van der Waals surface area contributed by atoms with E-state index < -0.39 is 11.7 Å². The summed E-state index contributed by atoms with van der Waals surface area (Å²) in [6.07, 6.45) is 4.16. The molecule has 1 aliphatic rings. The van der Waals surface area contributed by atoms with Crippen molar-refractivity contribution in [3.8, 4) is 0 Å². The lowest BCUT2D eigenvalue weighted by molar-refractivity contribution is -0.117. The van der Waals surface area contributed by atoms with Gasteiger partial charge >= 0.3 is 0 Å². The van der Waals surface area contributed by atoms with Crippen molar-refractivity contribution in [3.63, 3.8) is 0 Å². The fourth-order valence-corrected chi connectivity index (χ4v) is 3.46. The van der Waals surface area contributed by atoms with Crippen LogP contribution in [0.2, 0.25) is 0 Å². The van der Waals surface area contributed by atoms with Gasteiger partial charge in [-0.05, 0) is 41.4 Å². The number of benzene rings is 1. The van der Waals surface area contributed by atoms with Gasteiger partial charge in [-0.1, -0.05) is 58.0 Å². The lowest BCUT2D eigenvalue weighted by atomic mass is 9.86. The molecule has 1 aliphatic heterocycles. The van der Waals surface area contributed by atoms with E-state index in [-0.39, 0.29) is 12.0 Å². The number of hydrogen-bond donors (Lipinski definition) is 1. The number of nitrogens with zero attached hydrogens (tertiary/aromatic N) is 2. The molecule has 0 unspecified atom stereocenters. The third-order valence-corrected chi connectivity index (χ3v) is 5.59. The van der Waals surface area contributed by atoms with E-state index in [1.165, 1.54) is 12.8 Å². The maximum atomic E-state index is 12.4. The number of piperidine rings is 1. The summed E-state index contributed by atoms with van der Waals surface area (Å²) < 4.78 is 0. The van der Waals surface area contributed by atoms with Crippen molar-refractivity contribution in [2.75, 3.05) is 18.0 Å². The zero-order valence-electron chi connectivity index (χ0n) is 17.9. The van der Waals surface area contributed by atoms with Crippen LogP contribution < -0.4 is 10.2 Å². The van der Waals surface area contributed by atoms with Gasteiger partial charge in [0.2, 0.25) is 5.78 Å². The molecule has 0 spiro atoms. The molecule has 0 radical (unpaired) electrons. The van der Waals surface area contributed by atoms with Crippen LogP contribution in [0.3, 0.4) is 0 Å². The highest BCUT2D eigenvalue weighted by molar-refractivity contribution is 6.42. The number of anilines is 1. The van der Waals surface area contributed by atoms with Crippen molar-refractivity contribution in [2.24, 2.45) is 5.92 Å². The molecule has 1 amide bonds. The monoisotopic (exact) mass is 393 g/mol. The highest BCUT2D eigenvalue weighted by Crippen LogP contribution is 2.23. The van der Waals surface area contributed by atoms with Gasteiger partial charge < -0.3 is 10.2 Å². The molecule has 2 aromatic rings. The van der Waals surface area contributed by atoms with Crippen LogP contribution in [0.25, 0.3) is 0 Å². The molecular weight excluding hydrogens is 362 g/mol. The highest BCUT2D eigenvalue weighted by atomic mass is 16.2. The van der Waals surface area contributed by atoms with Crippen molar-refractivity contribution in [1.29, 1.82) is 0 Å². The molecular formula is C24H31N3O2. The standard InChI is InChI=1S/C24H31N3O2/c1-17-11-13-27(14-12-17)21-10-5-18(15-25-21)16-26-23(29)22(28)19-6-8-20(9-7-19)24(2,3)4/h5-10,15,17H,11-14,16H2,1-4H3,(H,26,29). The molecule has 1 aromatic heterocycles. The van der Waals surface area contributed by atoms with Gasteiger partial charge in [-0.15, -0.1) is 0 Å². The fourth-order valence-electron chi connectivity index (χ4n) is 3.46. The van der Waals surface area contributed by atoms with Crippen LogP contribution in [0.5, 0.6) is 0 Å².